The van der Waals surface area contributed by atoms with E-state index in [9.17, 15) is 27.2 Å². The van der Waals surface area contributed by atoms with E-state index in [0.717, 1.165) is 12.1 Å². The van der Waals surface area contributed by atoms with Crippen molar-refractivity contribution in [3.8, 4) is 0 Å². The maximum absolute atomic E-state index is 12.8. The van der Waals surface area contributed by atoms with Gasteiger partial charge < -0.3 is 10.6 Å². The van der Waals surface area contributed by atoms with E-state index in [1.807, 2.05) is 0 Å². The molecule has 0 fully saturated rings. The van der Waals surface area contributed by atoms with Crippen LogP contribution >= 0.6 is 0 Å². The van der Waals surface area contributed by atoms with Crippen LogP contribution in [0.3, 0.4) is 0 Å². The summed E-state index contributed by atoms with van der Waals surface area (Å²) in [4.78, 5) is 22.4. The van der Waals surface area contributed by atoms with Crippen molar-refractivity contribution in [2.24, 2.45) is 0 Å². The first-order valence-electron chi connectivity index (χ1n) is 5.15. The Bertz CT molecular complexity index is 474. The third-order valence-corrected chi connectivity index (χ3v) is 1.98. The number of carbonyl (C=O) groups is 2. The number of amides is 2. The number of nitrogens with one attached hydrogen (secondary N) is 2. The van der Waals surface area contributed by atoms with Gasteiger partial charge in [-0.1, -0.05) is 6.07 Å². The predicted octanol–water partition coefficient (Wildman–Crippen LogP) is 1.23. The second kappa shape index (κ2) is 6.17. The molecule has 0 atom stereocenters. The van der Waals surface area contributed by atoms with Crippen molar-refractivity contribution < 1.29 is 27.2 Å². The molecular weight excluding hydrogens is 268 g/mol. The van der Waals surface area contributed by atoms with E-state index in [2.05, 4.69) is 5.32 Å². The van der Waals surface area contributed by atoms with Gasteiger partial charge in [-0.3, -0.25) is 9.59 Å². The van der Waals surface area contributed by atoms with E-state index < -0.39 is 36.9 Å². The van der Waals surface area contributed by atoms with Crippen LogP contribution in [0.15, 0.2) is 24.3 Å². The van der Waals surface area contributed by atoms with Gasteiger partial charge in [0.15, 0.2) is 0 Å². The van der Waals surface area contributed by atoms with Crippen LogP contribution in [0.5, 0.6) is 0 Å². The average Bonchev–Trinajstić information content (AvgIpc) is 2.32. The van der Waals surface area contributed by atoms with Crippen LogP contribution in [-0.2, 0) is 4.79 Å². The number of benzene rings is 1. The number of alkyl halides is 3. The largest absolute Gasteiger partial charge is 0.405 e. The molecule has 1 aromatic rings. The SMILES string of the molecule is O=C(CNC(=O)c1cccc(F)c1)NCC(F)(F)F. The standard InChI is InChI=1S/C11H10F4N2O2/c12-8-3-1-2-7(4-8)10(19)16-5-9(18)17-6-11(13,14)15/h1-4H,5-6H2,(H,16,19)(H,17,18). The molecule has 0 heterocycles. The lowest BCUT2D eigenvalue weighted by Crippen LogP contribution is -2.40. The molecule has 1 rings (SSSR count). The van der Waals surface area contributed by atoms with Crippen molar-refractivity contribution in [1.82, 2.24) is 10.6 Å². The first kappa shape index (κ1) is 14.9. The second-order valence-electron chi connectivity index (χ2n) is 3.58. The summed E-state index contributed by atoms with van der Waals surface area (Å²) >= 11 is 0. The van der Waals surface area contributed by atoms with Crippen molar-refractivity contribution in [3.05, 3.63) is 35.6 Å². The summed E-state index contributed by atoms with van der Waals surface area (Å²) in [7, 11) is 0. The molecule has 4 nitrogen and oxygen atoms in total. The van der Waals surface area contributed by atoms with Crippen molar-refractivity contribution in [3.63, 3.8) is 0 Å². The summed E-state index contributed by atoms with van der Waals surface area (Å²) in [5, 5.41) is 3.67. The Morgan fingerprint density at radius 1 is 1.16 bits per heavy atom. The zero-order valence-electron chi connectivity index (χ0n) is 9.55. The molecule has 104 valence electrons. The van der Waals surface area contributed by atoms with E-state index in [1.165, 1.54) is 12.1 Å². The molecule has 0 spiro atoms. The van der Waals surface area contributed by atoms with Crippen LogP contribution in [0.2, 0.25) is 0 Å². The molecule has 0 aliphatic carbocycles. The van der Waals surface area contributed by atoms with Gasteiger partial charge in [0.05, 0.1) is 6.54 Å². The van der Waals surface area contributed by atoms with E-state index >= 15 is 0 Å². The van der Waals surface area contributed by atoms with Crippen molar-refractivity contribution >= 4 is 11.8 Å². The fourth-order valence-electron chi connectivity index (χ4n) is 1.15. The summed E-state index contributed by atoms with van der Waals surface area (Å²) in [5.74, 6) is -2.36. The van der Waals surface area contributed by atoms with Crippen molar-refractivity contribution in [1.29, 1.82) is 0 Å². The first-order valence-corrected chi connectivity index (χ1v) is 5.15. The molecule has 0 bridgehead atoms. The van der Waals surface area contributed by atoms with E-state index in [-0.39, 0.29) is 5.56 Å². The predicted molar refractivity (Wildman–Crippen MR) is 57.8 cm³/mol. The fraction of sp³-hybridized carbons (Fsp3) is 0.273. The third kappa shape index (κ3) is 5.84. The third-order valence-electron chi connectivity index (χ3n) is 1.98. The minimum Gasteiger partial charge on any atom is -0.345 e. The maximum atomic E-state index is 12.8. The van der Waals surface area contributed by atoms with Crippen LogP contribution in [0.1, 0.15) is 10.4 Å². The summed E-state index contributed by atoms with van der Waals surface area (Å²) in [5.41, 5.74) is -0.0244. The van der Waals surface area contributed by atoms with Gasteiger partial charge in [-0.05, 0) is 18.2 Å². The number of hydrogen-bond donors (Lipinski definition) is 2. The van der Waals surface area contributed by atoms with Crippen LogP contribution in [0.25, 0.3) is 0 Å². The quantitative estimate of drug-likeness (QED) is 0.814. The monoisotopic (exact) mass is 278 g/mol. The Labute approximate surface area is 105 Å². The van der Waals surface area contributed by atoms with Crippen molar-refractivity contribution in [2.75, 3.05) is 13.1 Å². The zero-order valence-corrected chi connectivity index (χ0v) is 9.55. The van der Waals surface area contributed by atoms with Gasteiger partial charge in [0.2, 0.25) is 5.91 Å². The van der Waals surface area contributed by atoms with Gasteiger partial charge in [0, 0.05) is 5.56 Å². The van der Waals surface area contributed by atoms with Crippen LogP contribution in [0.4, 0.5) is 17.6 Å². The van der Waals surface area contributed by atoms with Gasteiger partial charge in [0.25, 0.3) is 5.91 Å². The van der Waals surface area contributed by atoms with Gasteiger partial charge in [-0.2, -0.15) is 13.2 Å². The van der Waals surface area contributed by atoms with Crippen LogP contribution < -0.4 is 10.6 Å². The Morgan fingerprint density at radius 2 is 1.84 bits per heavy atom. The topological polar surface area (TPSA) is 58.2 Å². The van der Waals surface area contributed by atoms with Crippen LogP contribution in [-0.4, -0.2) is 31.1 Å². The molecule has 0 aromatic heterocycles. The number of carbonyl (C=O) groups excluding carboxylic acids is 2. The molecule has 0 saturated heterocycles. The molecule has 0 radical (unpaired) electrons. The minimum atomic E-state index is -4.51. The number of rotatable bonds is 4. The second-order valence-corrected chi connectivity index (χ2v) is 3.58. The molecular formula is C11H10F4N2O2. The highest BCUT2D eigenvalue weighted by molar-refractivity contribution is 5.96. The molecule has 8 heteroatoms. The molecule has 19 heavy (non-hydrogen) atoms. The molecule has 2 N–H and O–H groups in total. The van der Waals surface area contributed by atoms with Gasteiger partial charge in [-0.15, -0.1) is 0 Å². The molecule has 0 unspecified atom stereocenters. The Kier molecular flexibility index (Phi) is 4.85. The minimum absolute atomic E-state index is 0.0244. The number of hydrogen-bond acceptors (Lipinski definition) is 2. The number of halogens is 4. The maximum Gasteiger partial charge on any atom is 0.405 e. The highest BCUT2D eigenvalue weighted by atomic mass is 19.4. The fourth-order valence-corrected chi connectivity index (χ4v) is 1.15. The summed E-state index contributed by atoms with van der Waals surface area (Å²) in [6, 6.07) is 4.69. The Morgan fingerprint density at radius 3 is 2.42 bits per heavy atom. The first-order chi connectivity index (χ1) is 8.78. The summed E-state index contributed by atoms with van der Waals surface area (Å²) in [6.45, 7) is -2.09. The molecule has 0 aliphatic rings. The van der Waals surface area contributed by atoms with Gasteiger partial charge in [0.1, 0.15) is 12.4 Å². The Hall–Kier alpha value is -2.12. The molecule has 0 aliphatic heterocycles. The van der Waals surface area contributed by atoms with E-state index in [1.54, 1.807) is 5.32 Å². The van der Waals surface area contributed by atoms with E-state index in [0.29, 0.717) is 0 Å². The molecule has 1 aromatic carbocycles. The zero-order chi connectivity index (χ0) is 14.5. The lowest BCUT2D eigenvalue weighted by molar-refractivity contribution is -0.137. The highest BCUT2D eigenvalue weighted by Gasteiger charge is 2.27. The van der Waals surface area contributed by atoms with Crippen LogP contribution in [0, 0.1) is 5.82 Å². The Balaban J connectivity index is 2.40. The summed E-state index contributed by atoms with van der Waals surface area (Å²) in [6.07, 6.45) is -4.51. The lowest BCUT2D eigenvalue weighted by atomic mass is 10.2. The molecule has 0 saturated carbocycles. The average molecular weight is 278 g/mol. The van der Waals surface area contributed by atoms with Gasteiger partial charge in [-0.25, -0.2) is 4.39 Å². The summed E-state index contributed by atoms with van der Waals surface area (Å²) < 4.78 is 48.1. The highest BCUT2D eigenvalue weighted by Crippen LogP contribution is 2.11. The normalized spacial score (nSPS) is 10.9. The smallest absolute Gasteiger partial charge is 0.345 e. The van der Waals surface area contributed by atoms with E-state index in [4.69, 9.17) is 0 Å². The lowest BCUT2D eigenvalue weighted by Gasteiger charge is -2.09. The van der Waals surface area contributed by atoms with Gasteiger partial charge >= 0.3 is 6.18 Å². The van der Waals surface area contributed by atoms with Crippen molar-refractivity contribution in [2.45, 2.75) is 6.18 Å². The molecule has 2 amide bonds.